The van der Waals surface area contributed by atoms with E-state index < -0.39 is 11.8 Å². The van der Waals surface area contributed by atoms with Crippen molar-refractivity contribution in [3.8, 4) is 0 Å². The molecular weight excluding hydrogens is 453 g/mol. The molecule has 0 radical (unpaired) electrons. The summed E-state index contributed by atoms with van der Waals surface area (Å²) >= 11 is 6.42. The van der Waals surface area contributed by atoms with E-state index in [4.69, 9.17) is 21.7 Å². The van der Waals surface area contributed by atoms with Crippen LogP contribution >= 0.6 is 24.0 Å². The number of carbonyl (C=O) groups excluding carboxylic acids is 2. The Hall–Kier alpha value is -3.30. The fraction of sp³-hybridized carbons (Fsp3) is 0.130. The first-order valence-corrected chi connectivity index (χ1v) is 10.9. The number of nitrogens with zero attached hydrogens (tertiary/aromatic N) is 1. The number of amides is 1. The number of benzene rings is 2. The first-order chi connectivity index (χ1) is 15.3. The third-order valence-electron chi connectivity index (χ3n) is 4.81. The quantitative estimate of drug-likeness (QED) is 0.300. The Morgan fingerprint density at radius 3 is 2.62 bits per heavy atom. The molecule has 1 N–H and O–H groups in total. The number of halogens is 1. The molecule has 1 amide bonds. The van der Waals surface area contributed by atoms with Gasteiger partial charge in [-0.3, -0.25) is 19.3 Å². The van der Waals surface area contributed by atoms with Gasteiger partial charge in [0.05, 0.1) is 4.91 Å². The zero-order chi connectivity index (χ0) is 22.8. The van der Waals surface area contributed by atoms with Crippen LogP contribution in [0, 0.1) is 5.82 Å². The summed E-state index contributed by atoms with van der Waals surface area (Å²) in [4.78, 5) is 37.8. The van der Waals surface area contributed by atoms with Crippen LogP contribution in [0.25, 0.3) is 17.0 Å². The third-order valence-corrected chi connectivity index (χ3v) is 6.19. The number of carboxylic acids is 1. The number of aliphatic carboxylic acids is 1. The van der Waals surface area contributed by atoms with E-state index >= 15 is 0 Å². The van der Waals surface area contributed by atoms with E-state index in [9.17, 15) is 18.8 Å². The molecule has 0 atom stereocenters. The summed E-state index contributed by atoms with van der Waals surface area (Å²) in [6.07, 6.45) is 1.98. The Bertz CT molecular complexity index is 1280. The van der Waals surface area contributed by atoms with Gasteiger partial charge in [0.15, 0.2) is 5.76 Å². The van der Waals surface area contributed by atoms with Gasteiger partial charge >= 0.3 is 5.97 Å². The number of hydrogen-bond donors (Lipinski definition) is 1. The van der Waals surface area contributed by atoms with Crippen molar-refractivity contribution in [2.75, 3.05) is 6.54 Å². The maximum Gasteiger partial charge on any atom is 0.303 e. The molecule has 1 saturated heterocycles. The Kier molecular flexibility index (Phi) is 6.20. The molecule has 1 fully saturated rings. The highest BCUT2D eigenvalue weighted by atomic mass is 32.2. The molecule has 0 spiro atoms. The van der Waals surface area contributed by atoms with Gasteiger partial charge in [-0.25, -0.2) is 4.39 Å². The average molecular weight is 470 g/mol. The van der Waals surface area contributed by atoms with E-state index in [1.165, 1.54) is 29.2 Å². The molecule has 32 heavy (non-hydrogen) atoms. The van der Waals surface area contributed by atoms with Crippen molar-refractivity contribution in [2.24, 2.45) is 0 Å². The standard InChI is InChI=1S/C23H16FNO5S2/c24-16-6-4-14(5-7-16)21(28)18-12-15-10-13(3-8-17(15)30-18)11-19-22(29)25(23(31)32-19)9-1-2-20(26)27/h3-8,10-12H,1-2,9H2,(H,26,27). The first-order valence-electron chi connectivity index (χ1n) is 9.63. The molecule has 0 bridgehead atoms. The average Bonchev–Trinajstić information content (AvgIpc) is 3.29. The lowest BCUT2D eigenvalue weighted by Crippen LogP contribution is -2.29. The van der Waals surface area contributed by atoms with E-state index in [1.54, 1.807) is 30.3 Å². The predicted molar refractivity (Wildman–Crippen MR) is 123 cm³/mol. The Balaban J connectivity index is 1.54. The highest BCUT2D eigenvalue weighted by Crippen LogP contribution is 2.33. The van der Waals surface area contributed by atoms with Gasteiger partial charge in [-0.15, -0.1) is 0 Å². The number of carboxylic acid groups (broad SMARTS) is 1. The fourth-order valence-corrected chi connectivity index (χ4v) is 4.55. The number of carbonyl (C=O) groups is 3. The van der Waals surface area contributed by atoms with Gasteiger partial charge in [-0.05, 0) is 60.5 Å². The van der Waals surface area contributed by atoms with Gasteiger partial charge in [0, 0.05) is 23.9 Å². The topological polar surface area (TPSA) is 87.8 Å². The number of thioether (sulfide) groups is 1. The molecule has 1 aliphatic rings. The molecule has 3 aromatic rings. The van der Waals surface area contributed by atoms with Crippen molar-refractivity contribution in [1.29, 1.82) is 0 Å². The van der Waals surface area contributed by atoms with Gasteiger partial charge in [-0.1, -0.05) is 30.0 Å². The molecule has 2 aromatic carbocycles. The molecule has 9 heteroatoms. The van der Waals surface area contributed by atoms with Gasteiger partial charge in [-0.2, -0.15) is 0 Å². The van der Waals surface area contributed by atoms with E-state index in [0.717, 1.165) is 17.3 Å². The molecule has 162 valence electrons. The van der Waals surface area contributed by atoms with Crippen LogP contribution in [0.15, 0.2) is 57.9 Å². The van der Waals surface area contributed by atoms with E-state index in [0.29, 0.717) is 32.2 Å². The lowest BCUT2D eigenvalue weighted by Gasteiger charge is -2.13. The number of fused-ring (bicyclic) bond motifs is 1. The summed E-state index contributed by atoms with van der Waals surface area (Å²) in [5, 5.41) is 9.45. The van der Waals surface area contributed by atoms with E-state index in [-0.39, 0.29) is 30.4 Å². The lowest BCUT2D eigenvalue weighted by atomic mass is 10.1. The minimum atomic E-state index is -0.920. The number of furan rings is 1. The Morgan fingerprint density at radius 2 is 1.91 bits per heavy atom. The number of rotatable bonds is 7. The predicted octanol–water partition coefficient (Wildman–Crippen LogP) is 4.87. The zero-order valence-electron chi connectivity index (χ0n) is 16.5. The molecule has 0 aliphatic carbocycles. The van der Waals surface area contributed by atoms with Crippen molar-refractivity contribution in [2.45, 2.75) is 12.8 Å². The summed E-state index contributed by atoms with van der Waals surface area (Å²) in [6, 6.07) is 12.1. The van der Waals surface area contributed by atoms with Crippen LogP contribution < -0.4 is 0 Å². The van der Waals surface area contributed by atoms with Gasteiger partial charge in [0.2, 0.25) is 5.78 Å². The molecule has 0 unspecified atom stereocenters. The van der Waals surface area contributed by atoms with Crippen molar-refractivity contribution >= 4 is 63.0 Å². The largest absolute Gasteiger partial charge is 0.481 e. The maximum absolute atomic E-state index is 13.1. The highest BCUT2D eigenvalue weighted by Gasteiger charge is 2.31. The van der Waals surface area contributed by atoms with Gasteiger partial charge < -0.3 is 9.52 Å². The van der Waals surface area contributed by atoms with Crippen LogP contribution in [0.3, 0.4) is 0 Å². The van der Waals surface area contributed by atoms with Crippen LogP contribution in [0.4, 0.5) is 4.39 Å². The Labute approximate surface area is 191 Å². The number of thiocarbonyl (C=S) groups is 1. The summed E-state index contributed by atoms with van der Waals surface area (Å²) < 4.78 is 19.1. The van der Waals surface area contributed by atoms with Gasteiger partial charge in [0.25, 0.3) is 5.91 Å². The monoisotopic (exact) mass is 469 g/mol. The van der Waals surface area contributed by atoms with Crippen LogP contribution in [-0.2, 0) is 9.59 Å². The summed E-state index contributed by atoms with van der Waals surface area (Å²) in [6.45, 7) is 0.254. The second-order valence-corrected chi connectivity index (χ2v) is 8.75. The SMILES string of the molecule is O=C(O)CCCN1C(=O)C(=Cc2ccc3oc(C(=O)c4ccc(F)cc4)cc3c2)SC1=S. The van der Waals surface area contributed by atoms with Crippen LogP contribution in [-0.4, -0.2) is 38.5 Å². The smallest absolute Gasteiger partial charge is 0.303 e. The lowest BCUT2D eigenvalue weighted by molar-refractivity contribution is -0.137. The van der Waals surface area contributed by atoms with E-state index in [1.807, 2.05) is 0 Å². The van der Waals surface area contributed by atoms with Crippen molar-refractivity contribution in [3.63, 3.8) is 0 Å². The van der Waals surface area contributed by atoms with Crippen LogP contribution in [0.5, 0.6) is 0 Å². The summed E-state index contributed by atoms with van der Waals surface area (Å²) in [7, 11) is 0. The molecule has 0 saturated carbocycles. The minimum absolute atomic E-state index is 0.0355. The second-order valence-electron chi connectivity index (χ2n) is 7.07. The van der Waals surface area contributed by atoms with Crippen LogP contribution in [0.1, 0.15) is 34.5 Å². The normalized spacial score (nSPS) is 15.2. The second kappa shape index (κ2) is 9.05. The van der Waals surface area contributed by atoms with Gasteiger partial charge in [0.1, 0.15) is 15.7 Å². The minimum Gasteiger partial charge on any atom is -0.481 e. The van der Waals surface area contributed by atoms with Crippen molar-refractivity contribution in [3.05, 3.63) is 76.1 Å². The molecule has 1 aliphatic heterocycles. The number of ketones is 1. The molecule has 4 rings (SSSR count). The molecule has 2 heterocycles. The number of hydrogen-bond acceptors (Lipinski definition) is 6. The van der Waals surface area contributed by atoms with Crippen LogP contribution in [0.2, 0.25) is 0 Å². The summed E-state index contributed by atoms with van der Waals surface area (Å²) in [5.74, 6) is -1.83. The molecule has 6 nitrogen and oxygen atoms in total. The fourth-order valence-electron chi connectivity index (χ4n) is 3.24. The van der Waals surface area contributed by atoms with Crippen molar-refractivity contribution in [1.82, 2.24) is 4.90 Å². The van der Waals surface area contributed by atoms with Crippen molar-refractivity contribution < 1.29 is 28.3 Å². The first kappa shape index (κ1) is 21.9. The third kappa shape index (κ3) is 4.63. The van der Waals surface area contributed by atoms with E-state index in [2.05, 4.69) is 0 Å². The maximum atomic E-state index is 13.1. The molecular formula is C23H16FNO5S2. The zero-order valence-corrected chi connectivity index (χ0v) is 18.2. The summed E-state index contributed by atoms with van der Waals surface area (Å²) in [5.41, 5.74) is 1.55. The Morgan fingerprint density at radius 1 is 1.16 bits per heavy atom. The highest BCUT2D eigenvalue weighted by molar-refractivity contribution is 8.26. The molecule has 1 aromatic heterocycles.